The maximum atomic E-state index is 12.6. The van der Waals surface area contributed by atoms with Crippen LogP contribution in [0.1, 0.15) is 32.1 Å². The molecule has 0 aliphatic carbocycles. The molecule has 0 saturated carbocycles. The number of carbonyl (C=O) groups excluding carboxylic acids is 1. The van der Waals surface area contributed by atoms with Crippen LogP contribution in [0.25, 0.3) is 10.9 Å². The van der Waals surface area contributed by atoms with Crippen molar-refractivity contribution in [1.29, 1.82) is 0 Å². The number of aromatic nitrogens is 2. The Morgan fingerprint density at radius 3 is 2.86 bits per heavy atom. The first-order valence-corrected chi connectivity index (χ1v) is 9.87. The van der Waals surface area contributed by atoms with Crippen LogP contribution >= 0.6 is 0 Å². The zero-order valence-electron chi connectivity index (χ0n) is 16.5. The average molecular weight is 392 g/mol. The molecule has 1 amide bonds. The first-order valence-electron chi connectivity index (χ1n) is 9.87. The van der Waals surface area contributed by atoms with E-state index in [0.29, 0.717) is 35.6 Å². The van der Waals surface area contributed by atoms with Gasteiger partial charge < -0.3 is 19.9 Å². The Balaban J connectivity index is 1.70. The van der Waals surface area contributed by atoms with Crippen molar-refractivity contribution < 1.29 is 9.53 Å². The molecular weight excluding hydrogens is 368 g/mol. The standard InChI is InChI=1S/C22H24N4O3/c1-3-12-23-22(28)19-13-26(17-10-6-7-11-18(17)29-19)14(2)20-24-16-9-5-4-8-15(16)21(27)25-20/h4-11,14,19H,3,12-13H2,1-2H3,(H,23,28)(H,24,25,27)/t14-,19-/m0/s1. The van der Waals surface area contributed by atoms with E-state index in [1.807, 2.05) is 56.3 Å². The van der Waals surface area contributed by atoms with Crippen molar-refractivity contribution in [3.05, 3.63) is 64.7 Å². The van der Waals surface area contributed by atoms with Gasteiger partial charge in [0.2, 0.25) is 0 Å². The number of carbonyl (C=O) groups is 1. The summed E-state index contributed by atoms with van der Waals surface area (Å²) in [6, 6.07) is 14.6. The molecule has 4 rings (SSSR count). The van der Waals surface area contributed by atoms with Crippen LogP contribution < -0.4 is 20.5 Å². The van der Waals surface area contributed by atoms with Crippen LogP contribution in [0, 0.1) is 0 Å². The molecule has 7 nitrogen and oxygen atoms in total. The van der Waals surface area contributed by atoms with Crippen molar-refractivity contribution in [1.82, 2.24) is 15.3 Å². The molecule has 0 fully saturated rings. The topological polar surface area (TPSA) is 87.3 Å². The number of para-hydroxylation sites is 3. The normalized spacial score (nSPS) is 16.8. The highest BCUT2D eigenvalue weighted by molar-refractivity contribution is 5.83. The summed E-state index contributed by atoms with van der Waals surface area (Å²) in [5.74, 6) is 1.06. The number of ether oxygens (including phenoxy) is 1. The van der Waals surface area contributed by atoms with Crippen molar-refractivity contribution in [2.75, 3.05) is 18.0 Å². The second-order valence-corrected chi connectivity index (χ2v) is 7.16. The second-order valence-electron chi connectivity index (χ2n) is 7.16. The highest BCUT2D eigenvalue weighted by Crippen LogP contribution is 2.37. The van der Waals surface area contributed by atoms with E-state index in [9.17, 15) is 9.59 Å². The van der Waals surface area contributed by atoms with Crippen LogP contribution in [0.3, 0.4) is 0 Å². The number of hydrogen-bond acceptors (Lipinski definition) is 5. The minimum Gasteiger partial charge on any atom is -0.477 e. The SMILES string of the molecule is CCCNC(=O)[C@@H]1CN([C@@H](C)c2nc3ccccc3c(=O)[nH]2)c2ccccc2O1. The molecule has 1 aliphatic heterocycles. The number of H-pyrrole nitrogens is 1. The number of nitrogens with one attached hydrogen (secondary N) is 2. The minimum absolute atomic E-state index is 0.140. The number of amides is 1. The van der Waals surface area contributed by atoms with Crippen molar-refractivity contribution in [3.63, 3.8) is 0 Å². The van der Waals surface area contributed by atoms with E-state index in [1.165, 1.54) is 0 Å². The third kappa shape index (κ3) is 3.68. The monoisotopic (exact) mass is 392 g/mol. The third-order valence-corrected chi connectivity index (χ3v) is 5.14. The maximum Gasteiger partial charge on any atom is 0.262 e. The Morgan fingerprint density at radius 1 is 1.28 bits per heavy atom. The summed E-state index contributed by atoms with van der Waals surface area (Å²) in [6.07, 6.45) is 0.225. The zero-order chi connectivity index (χ0) is 20.4. The van der Waals surface area contributed by atoms with E-state index in [4.69, 9.17) is 4.74 Å². The van der Waals surface area contributed by atoms with Crippen molar-refractivity contribution in [2.24, 2.45) is 0 Å². The van der Waals surface area contributed by atoms with Gasteiger partial charge in [-0.3, -0.25) is 9.59 Å². The molecule has 0 radical (unpaired) electrons. The van der Waals surface area contributed by atoms with Crippen LogP contribution in [-0.4, -0.2) is 35.1 Å². The number of anilines is 1. The van der Waals surface area contributed by atoms with Gasteiger partial charge in [0.05, 0.1) is 29.2 Å². The van der Waals surface area contributed by atoms with E-state index < -0.39 is 6.10 Å². The van der Waals surface area contributed by atoms with Gasteiger partial charge in [0, 0.05) is 6.54 Å². The minimum atomic E-state index is -0.633. The van der Waals surface area contributed by atoms with E-state index in [0.717, 1.165) is 12.1 Å². The van der Waals surface area contributed by atoms with Gasteiger partial charge in [0.1, 0.15) is 11.6 Å². The van der Waals surface area contributed by atoms with Gasteiger partial charge in [-0.15, -0.1) is 0 Å². The lowest BCUT2D eigenvalue weighted by Crippen LogP contribution is -2.50. The fraction of sp³-hybridized carbons (Fsp3) is 0.318. The summed E-state index contributed by atoms with van der Waals surface area (Å²) in [4.78, 5) is 34.7. The molecule has 3 aromatic rings. The second kappa shape index (κ2) is 7.95. The number of nitrogens with zero attached hydrogens (tertiary/aromatic N) is 2. The number of rotatable bonds is 5. The van der Waals surface area contributed by atoms with Gasteiger partial charge in [0.25, 0.3) is 11.5 Å². The quantitative estimate of drug-likeness (QED) is 0.697. The Morgan fingerprint density at radius 2 is 2.03 bits per heavy atom. The molecule has 0 saturated heterocycles. The fourth-order valence-electron chi connectivity index (χ4n) is 3.58. The first kappa shape index (κ1) is 19.0. The molecule has 2 atom stereocenters. The smallest absolute Gasteiger partial charge is 0.262 e. The van der Waals surface area contributed by atoms with Gasteiger partial charge in [0.15, 0.2) is 6.10 Å². The molecule has 1 aromatic heterocycles. The highest BCUT2D eigenvalue weighted by Gasteiger charge is 2.34. The molecule has 29 heavy (non-hydrogen) atoms. The van der Waals surface area contributed by atoms with Crippen molar-refractivity contribution >= 4 is 22.5 Å². The van der Waals surface area contributed by atoms with Crippen molar-refractivity contribution in [2.45, 2.75) is 32.4 Å². The van der Waals surface area contributed by atoms with E-state index in [-0.39, 0.29) is 17.5 Å². The number of hydrogen-bond donors (Lipinski definition) is 2. The molecule has 2 N–H and O–H groups in total. The Kier molecular flexibility index (Phi) is 5.20. The predicted molar refractivity (Wildman–Crippen MR) is 112 cm³/mol. The molecule has 1 aliphatic rings. The molecule has 2 heterocycles. The lowest BCUT2D eigenvalue weighted by Gasteiger charge is -2.38. The summed E-state index contributed by atoms with van der Waals surface area (Å²) >= 11 is 0. The van der Waals surface area contributed by atoms with Crippen molar-refractivity contribution in [3.8, 4) is 5.75 Å². The predicted octanol–water partition coefficient (Wildman–Crippen LogP) is 2.78. The van der Waals surface area contributed by atoms with E-state index in [2.05, 4.69) is 20.2 Å². The van der Waals surface area contributed by atoms with E-state index in [1.54, 1.807) is 6.07 Å². The summed E-state index contributed by atoms with van der Waals surface area (Å²) in [5.41, 5.74) is 1.35. The molecule has 7 heteroatoms. The van der Waals surface area contributed by atoms with Gasteiger partial charge in [-0.1, -0.05) is 31.2 Å². The Labute approximate surface area is 168 Å². The van der Waals surface area contributed by atoms with Gasteiger partial charge in [-0.05, 0) is 37.6 Å². The Bertz CT molecular complexity index is 1090. The lowest BCUT2D eigenvalue weighted by molar-refractivity contribution is -0.127. The summed E-state index contributed by atoms with van der Waals surface area (Å²) < 4.78 is 5.95. The molecule has 2 aromatic carbocycles. The zero-order valence-corrected chi connectivity index (χ0v) is 16.5. The number of aromatic amines is 1. The molecule has 0 bridgehead atoms. The summed E-state index contributed by atoms with van der Waals surface area (Å²) in [6.45, 7) is 4.95. The molecule has 0 spiro atoms. The molecule has 150 valence electrons. The Hall–Kier alpha value is -3.35. The van der Waals surface area contributed by atoms with Crippen LogP contribution in [0.5, 0.6) is 5.75 Å². The van der Waals surface area contributed by atoms with Gasteiger partial charge in [-0.2, -0.15) is 0 Å². The average Bonchev–Trinajstić information content (AvgIpc) is 2.76. The lowest BCUT2D eigenvalue weighted by atomic mass is 10.1. The number of benzene rings is 2. The van der Waals surface area contributed by atoms with Crippen LogP contribution in [-0.2, 0) is 4.79 Å². The summed E-state index contributed by atoms with van der Waals surface area (Å²) in [5, 5.41) is 3.46. The summed E-state index contributed by atoms with van der Waals surface area (Å²) in [7, 11) is 0. The highest BCUT2D eigenvalue weighted by atomic mass is 16.5. The van der Waals surface area contributed by atoms with Crippen LogP contribution in [0.2, 0.25) is 0 Å². The van der Waals surface area contributed by atoms with Gasteiger partial charge >= 0.3 is 0 Å². The largest absolute Gasteiger partial charge is 0.477 e. The molecular formula is C22H24N4O3. The van der Waals surface area contributed by atoms with Gasteiger partial charge in [-0.25, -0.2) is 4.98 Å². The van der Waals surface area contributed by atoms with E-state index >= 15 is 0 Å². The fourth-order valence-corrected chi connectivity index (χ4v) is 3.58. The maximum absolute atomic E-state index is 12.6. The first-order chi connectivity index (χ1) is 14.1. The third-order valence-electron chi connectivity index (χ3n) is 5.14. The van der Waals surface area contributed by atoms with Crippen LogP contribution in [0.15, 0.2) is 53.3 Å². The van der Waals surface area contributed by atoms with Crippen LogP contribution in [0.4, 0.5) is 5.69 Å². The number of fused-ring (bicyclic) bond motifs is 2. The molecule has 0 unspecified atom stereocenters.